The second kappa shape index (κ2) is 12.0. The Morgan fingerprint density at radius 1 is 1.12 bits per heavy atom. The zero-order chi connectivity index (χ0) is 24.5. The van der Waals surface area contributed by atoms with Gasteiger partial charge in [-0.15, -0.1) is 0 Å². The van der Waals surface area contributed by atoms with E-state index in [0.717, 1.165) is 16.5 Å². The van der Waals surface area contributed by atoms with Crippen molar-refractivity contribution in [1.82, 2.24) is 20.9 Å². The fourth-order valence-corrected chi connectivity index (χ4v) is 3.30. The second-order valence-electron chi connectivity index (χ2n) is 7.90. The molecule has 0 saturated carbocycles. The number of para-hydroxylation sites is 1. The van der Waals surface area contributed by atoms with Gasteiger partial charge < -0.3 is 36.9 Å². The lowest BCUT2D eigenvalue weighted by Gasteiger charge is -2.25. The Kier molecular flexibility index (Phi) is 9.37. The van der Waals surface area contributed by atoms with Gasteiger partial charge in [-0.3, -0.25) is 14.4 Å². The normalized spacial score (nSPS) is 14.7. The molecule has 33 heavy (non-hydrogen) atoms. The van der Waals surface area contributed by atoms with Crippen LogP contribution in [0.5, 0.6) is 0 Å². The maximum Gasteiger partial charge on any atom is 0.328 e. The van der Waals surface area contributed by atoms with Crippen molar-refractivity contribution in [3.63, 3.8) is 0 Å². The van der Waals surface area contributed by atoms with E-state index in [2.05, 4.69) is 20.9 Å². The number of amides is 3. The first-order valence-corrected chi connectivity index (χ1v) is 10.7. The standard InChI is InChI=1S/C22H31N5O6/c1-3-12(2)19(21(31)25-10-18(29)26-17(11-28)22(32)33)27-20(30)15(23)8-13-9-24-16-7-5-4-6-14(13)16/h4-7,9,12,15,17,19,24,28H,3,8,10-11,23H2,1-2H3,(H,25,31)(H,26,29)(H,27,30)(H,32,33). The third-order valence-electron chi connectivity index (χ3n) is 5.48. The molecule has 180 valence electrons. The van der Waals surface area contributed by atoms with Crippen molar-refractivity contribution < 1.29 is 29.4 Å². The van der Waals surface area contributed by atoms with Crippen molar-refractivity contribution in [3.05, 3.63) is 36.0 Å². The van der Waals surface area contributed by atoms with E-state index in [4.69, 9.17) is 15.9 Å². The van der Waals surface area contributed by atoms with E-state index in [1.54, 1.807) is 13.1 Å². The molecule has 3 amide bonds. The van der Waals surface area contributed by atoms with Crippen LogP contribution < -0.4 is 21.7 Å². The van der Waals surface area contributed by atoms with Crippen LogP contribution in [0.4, 0.5) is 0 Å². The molecule has 0 aliphatic heterocycles. The molecule has 0 fully saturated rings. The van der Waals surface area contributed by atoms with Crippen molar-refractivity contribution in [2.75, 3.05) is 13.2 Å². The van der Waals surface area contributed by atoms with Gasteiger partial charge in [0.05, 0.1) is 19.2 Å². The molecule has 11 nitrogen and oxygen atoms in total. The van der Waals surface area contributed by atoms with Gasteiger partial charge in [-0.1, -0.05) is 38.5 Å². The first-order chi connectivity index (χ1) is 15.7. The predicted molar refractivity (Wildman–Crippen MR) is 121 cm³/mol. The smallest absolute Gasteiger partial charge is 0.328 e. The van der Waals surface area contributed by atoms with Crippen molar-refractivity contribution in [2.24, 2.45) is 11.7 Å². The molecule has 2 aromatic rings. The molecule has 11 heteroatoms. The number of carbonyl (C=O) groups excluding carboxylic acids is 3. The number of aromatic amines is 1. The summed E-state index contributed by atoms with van der Waals surface area (Å²) >= 11 is 0. The van der Waals surface area contributed by atoms with E-state index < -0.39 is 55.0 Å². The van der Waals surface area contributed by atoms with Crippen LogP contribution in [0.3, 0.4) is 0 Å². The number of aliphatic carboxylic acids is 1. The predicted octanol–water partition coefficient (Wildman–Crippen LogP) is -0.753. The van der Waals surface area contributed by atoms with Gasteiger partial charge >= 0.3 is 5.97 Å². The maximum absolute atomic E-state index is 12.7. The molecular formula is C22H31N5O6. The second-order valence-corrected chi connectivity index (χ2v) is 7.90. The fourth-order valence-electron chi connectivity index (χ4n) is 3.30. The number of hydrogen-bond donors (Lipinski definition) is 7. The molecule has 8 N–H and O–H groups in total. The molecule has 4 atom stereocenters. The number of nitrogens with two attached hydrogens (primary N) is 1. The minimum atomic E-state index is -1.47. The van der Waals surface area contributed by atoms with Gasteiger partial charge in [0.15, 0.2) is 0 Å². The number of fused-ring (bicyclic) bond motifs is 1. The van der Waals surface area contributed by atoms with Crippen LogP contribution in [0, 0.1) is 5.92 Å². The van der Waals surface area contributed by atoms with Gasteiger partial charge in [0.1, 0.15) is 12.1 Å². The summed E-state index contributed by atoms with van der Waals surface area (Å²) < 4.78 is 0. The molecule has 0 aliphatic carbocycles. The lowest BCUT2D eigenvalue weighted by Crippen LogP contribution is -2.56. The highest BCUT2D eigenvalue weighted by Gasteiger charge is 2.29. The molecule has 0 aliphatic rings. The van der Waals surface area contributed by atoms with E-state index in [0.29, 0.717) is 6.42 Å². The molecule has 4 unspecified atom stereocenters. The maximum atomic E-state index is 12.7. The summed E-state index contributed by atoms with van der Waals surface area (Å²) in [5.74, 6) is -3.53. The number of aromatic nitrogens is 1. The minimum absolute atomic E-state index is 0.249. The topological polar surface area (TPSA) is 187 Å². The van der Waals surface area contributed by atoms with Crippen molar-refractivity contribution in [1.29, 1.82) is 0 Å². The number of aliphatic hydroxyl groups excluding tert-OH is 1. The van der Waals surface area contributed by atoms with E-state index in [-0.39, 0.29) is 12.3 Å². The quantitative estimate of drug-likeness (QED) is 0.216. The molecule has 0 spiro atoms. The Hall–Kier alpha value is -3.44. The first-order valence-electron chi connectivity index (χ1n) is 10.7. The summed E-state index contributed by atoms with van der Waals surface area (Å²) in [7, 11) is 0. The Morgan fingerprint density at radius 2 is 1.82 bits per heavy atom. The van der Waals surface area contributed by atoms with Crippen LogP contribution in [0.1, 0.15) is 25.8 Å². The number of carboxylic acids is 1. The highest BCUT2D eigenvalue weighted by Crippen LogP contribution is 2.19. The summed E-state index contributed by atoms with van der Waals surface area (Å²) in [5.41, 5.74) is 7.92. The zero-order valence-electron chi connectivity index (χ0n) is 18.6. The highest BCUT2D eigenvalue weighted by atomic mass is 16.4. The molecular weight excluding hydrogens is 430 g/mol. The van der Waals surface area contributed by atoms with E-state index in [1.165, 1.54) is 0 Å². The molecule has 0 bridgehead atoms. The number of hydrogen-bond acceptors (Lipinski definition) is 6. The van der Waals surface area contributed by atoms with Gasteiger partial charge in [0, 0.05) is 17.1 Å². The summed E-state index contributed by atoms with van der Waals surface area (Å²) in [6.45, 7) is 2.35. The van der Waals surface area contributed by atoms with Gasteiger partial charge in [-0.05, 0) is 24.0 Å². The summed E-state index contributed by atoms with van der Waals surface area (Å²) in [6, 6.07) is 4.34. The number of nitrogens with one attached hydrogen (secondary N) is 4. The Labute approximate surface area is 191 Å². The van der Waals surface area contributed by atoms with Gasteiger partial charge in [0.25, 0.3) is 0 Å². The van der Waals surface area contributed by atoms with Crippen LogP contribution in [-0.4, -0.2) is 70.2 Å². The molecule has 1 aromatic heterocycles. The Bertz CT molecular complexity index is 991. The third kappa shape index (κ3) is 7.02. The van der Waals surface area contributed by atoms with Gasteiger partial charge in [0.2, 0.25) is 17.7 Å². The third-order valence-corrected chi connectivity index (χ3v) is 5.48. The van der Waals surface area contributed by atoms with Crippen LogP contribution in [0.2, 0.25) is 0 Å². The fraction of sp³-hybridized carbons (Fsp3) is 0.455. The molecule has 1 heterocycles. The van der Waals surface area contributed by atoms with Crippen molar-refractivity contribution >= 4 is 34.6 Å². The Balaban J connectivity index is 1.97. The van der Waals surface area contributed by atoms with E-state index in [9.17, 15) is 19.2 Å². The SMILES string of the molecule is CCC(C)C(NC(=O)C(N)Cc1c[nH]c2ccccc12)C(=O)NCC(=O)NC(CO)C(=O)O. The zero-order valence-corrected chi connectivity index (χ0v) is 18.6. The largest absolute Gasteiger partial charge is 0.480 e. The average molecular weight is 462 g/mol. The number of benzene rings is 1. The lowest BCUT2D eigenvalue weighted by atomic mass is 9.97. The summed E-state index contributed by atoms with van der Waals surface area (Å²) in [5, 5.41) is 26.0. The number of carboxylic acid groups (broad SMARTS) is 1. The van der Waals surface area contributed by atoms with Crippen molar-refractivity contribution in [3.8, 4) is 0 Å². The van der Waals surface area contributed by atoms with Crippen LogP contribution in [0.25, 0.3) is 10.9 Å². The van der Waals surface area contributed by atoms with Crippen LogP contribution in [-0.2, 0) is 25.6 Å². The lowest BCUT2D eigenvalue weighted by molar-refractivity contribution is -0.142. The highest BCUT2D eigenvalue weighted by molar-refractivity contribution is 5.93. The molecule has 0 saturated heterocycles. The molecule has 2 rings (SSSR count). The van der Waals surface area contributed by atoms with Gasteiger partial charge in [-0.2, -0.15) is 0 Å². The van der Waals surface area contributed by atoms with E-state index in [1.807, 2.05) is 31.2 Å². The van der Waals surface area contributed by atoms with Gasteiger partial charge in [-0.25, -0.2) is 4.79 Å². The number of aliphatic hydroxyl groups is 1. The number of carbonyl (C=O) groups is 4. The number of rotatable bonds is 12. The number of H-pyrrole nitrogens is 1. The minimum Gasteiger partial charge on any atom is -0.480 e. The van der Waals surface area contributed by atoms with E-state index >= 15 is 0 Å². The molecule has 1 aromatic carbocycles. The summed E-state index contributed by atoms with van der Waals surface area (Å²) in [4.78, 5) is 51.3. The van der Waals surface area contributed by atoms with Crippen molar-refractivity contribution in [2.45, 2.75) is 44.8 Å². The average Bonchev–Trinajstić information content (AvgIpc) is 3.21. The monoisotopic (exact) mass is 461 g/mol. The molecule has 0 radical (unpaired) electrons. The summed E-state index contributed by atoms with van der Waals surface area (Å²) in [6.07, 6.45) is 2.64. The Morgan fingerprint density at radius 3 is 2.45 bits per heavy atom. The first kappa shape index (κ1) is 25.8. The van der Waals surface area contributed by atoms with Crippen LogP contribution in [0.15, 0.2) is 30.5 Å². The van der Waals surface area contributed by atoms with Crippen LogP contribution >= 0.6 is 0 Å².